The molecule has 0 aliphatic carbocycles. The first-order valence-electron chi connectivity index (χ1n) is 4.95. The second kappa shape index (κ2) is 4.32. The first kappa shape index (κ1) is 10.8. The molecule has 1 heterocycles. The maximum atomic E-state index is 11.5. The number of hydrogen-bond acceptors (Lipinski definition) is 1. The van der Waals surface area contributed by atoms with Crippen molar-refractivity contribution in [1.82, 2.24) is 4.90 Å². The van der Waals surface area contributed by atoms with Gasteiger partial charge in [-0.15, -0.1) is 11.6 Å². The Morgan fingerprint density at radius 1 is 1.46 bits per heavy atom. The van der Waals surface area contributed by atoms with Gasteiger partial charge in [0, 0.05) is 13.1 Å². The van der Waals surface area contributed by atoms with Crippen molar-refractivity contribution in [2.45, 2.75) is 32.6 Å². The molecule has 2 atom stereocenters. The molecule has 2 nitrogen and oxygen atoms in total. The zero-order valence-corrected chi connectivity index (χ0v) is 9.34. The summed E-state index contributed by atoms with van der Waals surface area (Å²) >= 11 is 5.74. The smallest absolute Gasteiger partial charge is 0.240 e. The number of amides is 1. The van der Waals surface area contributed by atoms with Crippen molar-refractivity contribution in [2.75, 3.05) is 13.1 Å². The maximum absolute atomic E-state index is 11.5. The average Bonchev–Trinajstić information content (AvgIpc) is 2.50. The first-order valence-corrected chi connectivity index (χ1v) is 5.39. The van der Waals surface area contributed by atoms with Crippen molar-refractivity contribution in [3.8, 4) is 0 Å². The summed E-state index contributed by atoms with van der Waals surface area (Å²) in [6.07, 6.45) is 1.13. The lowest BCUT2D eigenvalue weighted by atomic mass is 9.95. The molecule has 2 unspecified atom stereocenters. The third-order valence-corrected chi connectivity index (χ3v) is 3.01. The number of carbonyl (C=O) groups is 1. The normalized spacial score (nSPS) is 25.3. The lowest BCUT2D eigenvalue weighted by Crippen LogP contribution is -2.34. The van der Waals surface area contributed by atoms with Crippen LogP contribution in [-0.4, -0.2) is 29.3 Å². The molecule has 0 spiro atoms. The Labute approximate surface area is 85.2 Å². The van der Waals surface area contributed by atoms with Gasteiger partial charge in [0.1, 0.15) is 5.38 Å². The number of likely N-dealkylation sites (tertiary alicyclic amines) is 1. The van der Waals surface area contributed by atoms with E-state index in [0.717, 1.165) is 19.5 Å². The molecule has 1 rings (SSSR count). The Kier molecular flexibility index (Phi) is 3.60. The third kappa shape index (κ3) is 2.60. The van der Waals surface area contributed by atoms with E-state index in [9.17, 15) is 4.79 Å². The molecule has 1 aliphatic rings. The van der Waals surface area contributed by atoms with Crippen LogP contribution >= 0.6 is 11.6 Å². The Balaban J connectivity index is 2.45. The fourth-order valence-corrected chi connectivity index (χ4v) is 1.92. The molecule has 0 N–H and O–H groups in total. The van der Waals surface area contributed by atoms with Crippen molar-refractivity contribution in [1.29, 1.82) is 0 Å². The van der Waals surface area contributed by atoms with Crippen molar-refractivity contribution in [3.05, 3.63) is 0 Å². The maximum Gasteiger partial charge on any atom is 0.240 e. The summed E-state index contributed by atoms with van der Waals surface area (Å²) in [6, 6.07) is 0. The minimum absolute atomic E-state index is 0.0878. The predicted molar refractivity (Wildman–Crippen MR) is 54.8 cm³/mol. The molecule has 0 aromatic heterocycles. The summed E-state index contributed by atoms with van der Waals surface area (Å²) in [7, 11) is 0. The highest BCUT2D eigenvalue weighted by atomic mass is 35.5. The van der Waals surface area contributed by atoms with E-state index >= 15 is 0 Å². The van der Waals surface area contributed by atoms with E-state index in [0.29, 0.717) is 11.8 Å². The SMILES string of the molecule is CC(Cl)C(=O)N1CCC(C(C)C)C1. The van der Waals surface area contributed by atoms with Crippen molar-refractivity contribution < 1.29 is 4.79 Å². The molecular formula is C10H18ClNO. The van der Waals surface area contributed by atoms with E-state index in [2.05, 4.69) is 13.8 Å². The topological polar surface area (TPSA) is 20.3 Å². The standard InChI is InChI=1S/C10H18ClNO/c1-7(2)9-4-5-12(6-9)10(13)8(3)11/h7-9H,4-6H2,1-3H3. The first-order chi connectivity index (χ1) is 6.02. The van der Waals surface area contributed by atoms with Crippen LogP contribution in [0.2, 0.25) is 0 Å². The van der Waals surface area contributed by atoms with Crippen LogP contribution in [0.25, 0.3) is 0 Å². The van der Waals surface area contributed by atoms with Gasteiger partial charge in [-0.25, -0.2) is 0 Å². The fraction of sp³-hybridized carbons (Fsp3) is 0.900. The van der Waals surface area contributed by atoms with E-state index in [4.69, 9.17) is 11.6 Å². The third-order valence-electron chi connectivity index (χ3n) is 2.82. The van der Waals surface area contributed by atoms with Crippen molar-refractivity contribution in [2.24, 2.45) is 11.8 Å². The summed E-state index contributed by atoms with van der Waals surface area (Å²) in [5.41, 5.74) is 0. The van der Waals surface area contributed by atoms with Gasteiger partial charge in [-0.3, -0.25) is 4.79 Å². The molecule has 76 valence electrons. The van der Waals surface area contributed by atoms with Crippen LogP contribution in [-0.2, 0) is 4.79 Å². The van der Waals surface area contributed by atoms with E-state index < -0.39 is 0 Å². The molecule has 3 heteroatoms. The van der Waals surface area contributed by atoms with Crippen LogP contribution in [0.3, 0.4) is 0 Å². The van der Waals surface area contributed by atoms with Crippen LogP contribution in [0.5, 0.6) is 0 Å². The Morgan fingerprint density at radius 3 is 2.46 bits per heavy atom. The molecular weight excluding hydrogens is 186 g/mol. The van der Waals surface area contributed by atoms with Crippen LogP contribution < -0.4 is 0 Å². The van der Waals surface area contributed by atoms with Crippen molar-refractivity contribution >= 4 is 17.5 Å². The zero-order chi connectivity index (χ0) is 10.0. The molecule has 0 radical (unpaired) electrons. The molecule has 1 fully saturated rings. The van der Waals surface area contributed by atoms with Gasteiger partial charge in [0.15, 0.2) is 0 Å². The van der Waals surface area contributed by atoms with E-state index in [-0.39, 0.29) is 11.3 Å². The molecule has 1 saturated heterocycles. The monoisotopic (exact) mass is 203 g/mol. The molecule has 0 aromatic carbocycles. The van der Waals surface area contributed by atoms with Gasteiger partial charge >= 0.3 is 0 Å². The number of hydrogen-bond donors (Lipinski definition) is 0. The molecule has 13 heavy (non-hydrogen) atoms. The molecule has 0 saturated carbocycles. The summed E-state index contributed by atoms with van der Waals surface area (Å²) in [5.74, 6) is 1.42. The van der Waals surface area contributed by atoms with Crippen molar-refractivity contribution in [3.63, 3.8) is 0 Å². The molecule has 0 aromatic rings. The number of halogens is 1. The molecule has 1 amide bonds. The minimum atomic E-state index is -0.370. The van der Waals surface area contributed by atoms with E-state index in [1.54, 1.807) is 6.92 Å². The highest BCUT2D eigenvalue weighted by molar-refractivity contribution is 6.30. The Bertz CT molecular complexity index is 191. The zero-order valence-electron chi connectivity index (χ0n) is 8.59. The summed E-state index contributed by atoms with van der Waals surface area (Å²) in [4.78, 5) is 13.4. The van der Waals surface area contributed by atoms with Crippen LogP contribution in [0.1, 0.15) is 27.2 Å². The summed E-state index contributed by atoms with van der Waals surface area (Å²) < 4.78 is 0. The highest BCUT2D eigenvalue weighted by Gasteiger charge is 2.29. The van der Waals surface area contributed by atoms with Gasteiger partial charge in [-0.2, -0.15) is 0 Å². The number of nitrogens with zero attached hydrogens (tertiary/aromatic N) is 1. The van der Waals surface area contributed by atoms with Gasteiger partial charge in [-0.05, 0) is 25.2 Å². The van der Waals surface area contributed by atoms with Gasteiger partial charge in [0.05, 0.1) is 0 Å². The number of alkyl halides is 1. The van der Waals surface area contributed by atoms with Crippen LogP contribution in [0.15, 0.2) is 0 Å². The fourth-order valence-electron chi connectivity index (χ4n) is 1.78. The Morgan fingerprint density at radius 2 is 2.08 bits per heavy atom. The Hall–Kier alpha value is -0.240. The number of rotatable bonds is 2. The average molecular weight is 204 g/mol. The van der Waals surface area contributed by atoms with Crippen LogP contribution in [0.4, 0.5) is 0 Å². The van der Waals surface area contributed by atoms with Crippen LogP contribution in [0, 0.1) is 11.8 Å². The van der Waals surface area contributed by atoms with Gasteiger partial charge in [0.2, 0.25) is 5.91 Å². The predicted octanol–water partition coefficient (Wildman–Crippen LogP) is 2.12. The van der Waals surface area contributed by atoms with E-state index in [1.165, 1.54) is 0 Å². The molecule has 0 bridgehead atoms. The van der Waals surface area contributed by atoms with Gasteiger partial charge in [-0.1, -0.05) is 13.8 Å². The number of carbonyl (C=O) groups excluding carboxylic acids is 1. The summed E-state index contributed by atoms with van der Waals surface area (Å²) in [6.45, 7) is 7.95. The second-order valence-electron chi connectivity index (χ2n) is 4.19. The summed E-state index contributed by atoms with van der Waals surface area (Å²) in [5, 5.41) is -0.370. The lowest BCUT2D eigenvalue weighted by Gasteiger charge is -2.19. The quantitative estimate of drug-likeness (QED) is 0.630. The molecule has 1 aliphatic heterocycles. The van der Waals surface area contributed by atoms with E-state index in [1.807, 2.05) is 4.90 Å². The highest BCUT2D eigenvalue weighted by Crippen LogP contribution is 2.24. The second-order valence-corrected chi connectivity index (χ2v) is 4.85. The minimum Gasteiger partial charge on any atom is -0.341 e. The van der Waals surface area contributed by atoms with Gasteiger partial charge < -0.3 is 4.90 Å². The largest absolute Gasteiger partial charge is 0.341 e. The lowest BCUT2D eigenvalue weighted by molar-refractivity contribution is -0.129. The van der Waals surface area contributed by atoms with Gasteiger partial charge in [0.25, 0.3) is 0 Å².